The Hall–Kier alpha value is -3.25. The van der Waals surface area contributed by atoms with Crippen molar-refractivity contribution in [2.75, 3.05) is 0 Å². The fourth-order valence-electron chi connectivity index (χ4n) is 3.62. The Labute approximate surface area is 185 Å². The van der Waals surface area contributed by atoms with Crippen LogP contribution in [0.2, 0.25) is 0 Å². The number of nitrogens with one attached hydrogen (secondary N) is 1. The molecule has 4 rings (SSSR count). The fraction of sp³-hybridized carbons (Fsp3) is 0.240. The van der Waals surface area contributed by atoms with Crippen LogP contribution in [0.4, 0.5) is 0 Å². The largest absolute Gasteiger partial charge is 0.352 e. The van der Waals surface area contributed by atoms with Gasteiger partial charge in [-0.05, 0) is 37.5 Å². The van der Waals surface area contributed by atoms with E-state index in [-0.39, 0.29) is 17.9 Å². The lowest BCUT2D eigenvalue weighted by Gasteiger charge is -2.10. The molecule has 0 saturated carbocycles. The zero-order chi connectivity index (χ0) is 22.0. The average molecular weight is 432 g/mol. The van der Waals surface area contributed by atoms with E-state index in [1.54, 1.807) is 0 Å². The highest BCUT2D eigenvalue weighted by Crippen LogP contribution is 2.30. The molecule has 0 aliphatic carbocycles. The molecule has 2 aromatic carbocycles. The zero-order valence-corrected chi connectivity index (χ0v) is 18.8. The lowest BCUT2D eigenvalue weighted by molar-refractivity contribution is -0.121. The predicted molar refractivity (Wildman–Crippen MR) is 126 cm³/mol. The Kier molecular flexibility index (Phi) is 6.00. The smallest absolute Gasteiger partial charge is 0.262 e. The van der Waals surface area contributed by atoms with Gasteiger partial charge in [-0.1, -0.05) is 53.6 Å². The van der Waals surface area contributed by atoms with E-state index >= 15 is 0 Å². The molecule has 5 nitrogen and oxygen atoms in total. The summed E-state index contributed by atoms with van der Waals surface area (Å²) in [5.74, 6) is -0.0870. The van der Waals surface area contributed by atoms with E-state index in [0.717, 1.165) is 27.1 Å². The Morgan fingerprint density at radius 2 is 1.81 bits per heavy atom. The second kappa shape index (κ2) is 8.86. The van der Waals surface area contributed by atoms with Crippen LogP contribution in [-0.4, -0.2) is 15.5 Å². The van der Waals surface area contributed by atoms with Crippen molar-refractivity contribution in [3.63, 3.8) is 0 Å². The maximum absolute atomic E-state index is 13.1. The molecule has 0 spiro atoms. The highest BCUT2D eigenvalue weighted by atomic mass is 32.1. The SMILES string of the molecule is Cc1ccc(-c2csc3ncn(CCC(=O)NCc4ccc(C)cc4C)c(=O)c23)cc1. The Bertz CT molecular complexity index is 1300. The summed E-state index contributed by atoms with van der Waals surface area (Å²) in [6.45, 7) is 6.91. The van der Waals surface area contributed by atoms with Crippen LogP contribution in [0.5, 0.6) is 0 Å². The number of nitrogens with zero attached hydrogens (tertiary/aromatic N) is 2. The van der Waals surface area contributed by atoms with Crippen molar-refractivity contribution in [3.05, 3.63) is 86.8 Å². The Morgan fingerprint density at radius 1 is 1.06 bits per heavy atom. The fourth-order valence-corrected chi connectivity index (χ4v) is 4.53. The van der Waals surface area contributed by atoms with Gasteiger partial charge in [0.2, 0.25) is 5.91 Å². The van der Waals surface area contributed by atoms with Gasteiger partial charge >= 0.3 is 0 Å². The van der Waals surface area contributed by atoms with E-state index in [2.05, 4.69) is 23.3 Å². The number of aromatic nitrogens is 2. The topological polar surface area (TPSA) is 64.0 Å². The summed E-state index contributed by atoms with van der Waals surface area (Å²) in [7, 11) is 0. The number of rotatable bonds is 6. The molecule has 1 N–H and O–H groups in total. The van der Waals surface area contributed by atoms with Gasteiger partial charge in [-0.3, -0.25) is 14.2 Å². The number of aryl methyl sites for hydroxylation is 4. The molecule has 4 aromatic rings. The second-order valence-electron chi connectivity index (χ2n) is 7.90. The number of carbonyl (C=O) groups is 1. The molecule has 2 heterocycles. The van der Waals surface area contributed by atoms with E-state index in [1.165, 1.54) is 33.4 Å². The highest BCUT2D eigenvalue weighted by molar-refractivity contribution is 7.17. The molecule has 0 aliphatic heterocycles. The summed E-state index contributed by atoms with van der Waals surface area (Å²) < 4.78 is 1.53. The monoisotopic (exact) mass is 431 g/mol. The first kappa shape index (κ1) is 21.0. The van der Waals surface area contributed by atoms with Crippen LogP contribution in [0.25, 0.3) is 21.3 Å². The first-order chi connectivity index (χ1) is 14.9. The maximum atomic E-state index is 13.1. The second-order valence-corrected chi connectivity index (χ2v) is 8.75. The van der Waals surface area contributed by atoms with E-state index in [1.807, 2.05) is 55.6 Å². The standard InChI is InChI=1S/C25H25N3O2S/c1-16-4-7-19(8-5-16)21-14-31-24-23(21)25(30)28(15-27-24)11-10-22(29)26-13-20-9-6-17(2)12-18(20)3/h4-9,12,14-15H,10-11,13H2,1-3H3,(H,26,29). The molecule has 1 amide bonds. The van der Waals surface area contributed by atoms with Crippen LogP contribution in [0.1, 0.15) is 28.7 Å². The predicted octanol–water partition coefficient (Wildman–Crippen LogP) is 4.76. The van der Waals surface area contributed by atoms with E-state index in [0.29, 0.717) is 18.5 Å². The third-order valence-corrected chi connectivity index (χ3v) is 6.36. The number of hydrogen-bond acceptors (Lipinski definition) is 4. The van der Waals surface area contributed by atoms with Crippen molar-refractivity contribution in [2.45, 2.75) is 40.3 Å². The molecular weight excluding hydrogens is 406 g/mol. The molecule has 0 radical (unpaired) electrons. The van der Waals surface area contributed by atoms with Gasteiger partial charge in [-0.15, -0.1) is 11.3 Å². The van der Waals surface area contributed by atoms with Crippen LogP contribution >= 0.6 is 11.3 Å². The molecule has 31 heavy (non-hydrogen) atoms. The molecule has 2 aromatic heterocycles. The normalized spacial score (nSPS) is 11.1. The van der Waals surface area contributed by atoms with Crippen LogP contribution in [0, 0.1) is 20.8 Å². The van der Waals surface area contributed by atoms with Crippen LogP contribution in [-0.2, 0) is 17.9 Å². The van der Waals surface area contributed by atoms with Gasteiger partial charge in [0.15, 0.2) is 0 Å². The number of fused-ring (bicyclic) bond motifs is 1. The van der Waals surface area contributed by atoms with Crippen LogP contribution < -0.4 is 10.9 Å². The van der Waals surface area contributed by atoms with Gasteiger partial charge in [-0.2, -0.15) is 0 Å². The first-order valence-corrected chi connectivity index (χ1v) is 11.2. The van der Waals surface area contributed by atoms with Crippen molar-refractivity contribution >= 4 is 27.5 Å². The van der Waals surface area contributed by atoms with Crippen molar-refractivity contribution in [2.24, 2.45) is 0 Å². The number of hydrogen-bond donors (Lipinski definition) is 1. The summed E-state index contributed by atoms with van der Waals surface area (Å²) in [6, 6.07) is 14.3. The summed E-state index contributed by atoms with van der Waals surface area (Å²) in [5, 5.41) is 5.55. The van der Waals surface area contributed by atoms with Crippen molar-refractivity contribution in [1.29, 1.82) is 0 Å². The number of benzene rings is 2. The van der Waals surface area contributed by atoms with Gasteiger partial charge < -0.3 is 5.32 Å². The third-order valence-electron chi connectivity index (χ3n) is 5.48. The number of amides is 1. The third kappa shape index (κ3) is 4.59. The van der Waals surface area contributed by atoms with Crippen LogP contribution in [0.15, 0.2) is 59.0 Å². The van der Waals surface area contributed by atoms with E-state index < -0.39 is 0 Å². The number of carbonyl (C=O) groups excluding carboxylic acids is 1. The minimum atomic E-state index is -0.107. The molecule has 0 bridgehead atoms. The first-order valence-electron chi connectivity index (χ1n) is 10.3. The van der Waals surface area contributed by atoms with Crippen LogP contribution in [0.3, 0.4) is 0 Å². The molecule has 0 unspecified atom stereocenters. The van der Waals surface area contributed by atoms with Crippen molar-refractivity contribution in [1.82, 2.24) is 14.9 Å². The highest BCUT2D eigenvalue weighted by Gasteiger charge is 2.14. The Balaban J connectivity index is 1.48. The minimum Gasteiger partial charge on any atom is -0.352 e. The molecule has 0 saturated heterocycles. The van der Waals surface area contributed by atoms with Gasteiger partial charge in [0.25, 0.3) is 5.56 Å². The summed E-state index contributed by atoms with van der Waals surface area (Å²) in [4.78, 5) is 30.7. The van der Waals surface area contributed by atoms with Crippen molar-refractivity contribution in [3.8, 4) is 11.1 Å². The van der Waals surface area contributed by atoms with E-state index in [4.69, 9.17) is 0 Å². The maximum Gasteiger partial charge on any atom is 0.262 e. The van der Waals surface area contributed by atoms with Gasteiger partial charge in [0.1, 0.15) is 4.83 Å². The lowest BCUT2D eigenvalue weighted by Crippen LogP contribution is -2.27. The summed E-state index contributed by atoms with van der Waals surface area (Å²) in [6.07, 6.45) is 1.76. The number of thiophene rings is 1. The molecule has 0 aliphatic rings. The Morgan fingerprint density at radius 3 is 2.55 bits per heavy atom. The lowest BCUT2D eigenvalue weighted by atomic mass is 10.1. The van der Waals surface area contributed by atoms with E-state index in [9.17, 15) is 9.59 Å². The average Bonchev–Trinajstić information content (AvgIpc) is 3.18. The summed E-state index contributed by atoms with van der Waals surface area (Å²) in [5.41, 5.74) is 6.42. The summed E-state index contributed by atoms with van der Waals surface area (Å²) >= 11 is 1.46. The minimum absolute atomic E-state index is 0.0870. The molecule has 0 fully saturated rings. The molecular formula is C25H25N3O2S. The van der Waals surface area contributed by atoms with Crippen molar-refractivity contribution < 1.29 is 4.79 Å². The molecule has 0 atom stereocenters. The zero-order valence-electron chi connectivity index (χ0n) is 17.9. The van der Waals surface area contributed by atoms with Gasteiger partial charge in [-0.25, -0.2) is 4.98 Å². The van der Waals surface area contributed by atoms with Gasteiger partial charge in [0, 0.05) is 30.5 Å². The molecule has 6 heteroatoms. The molecule has 158 valence electrons. The van der Waals surface area contributed by atoms with Gasteiger partial charge in [0.05, 0.1) is 11.7 Å². The quantitative estimate of drug-likeness (QED) is 0.479.